The van der Waals surface area contributed by atoms with Gasteiger partial charge >= 0.3 is 0 Å². The molecule has 0 aliphatic heterocycles. The third-order valence-electron chi connectivity index (χ3n) is 0.939. The van der Waals surface area contributed by atoms with Gasteiger partial charge in [-0.1, -0.05) is 5.16 Å². The summed E-state index contributed by atoms with van der Waals surface area (Å²) in [7, 11) is 0. The van der Waals surface area contributed by atoms with Crippen LogP contribution >= 0.6 is 0 Å². The molecule has 0 amide bonds. The zero-order valence-corrected chi connectivity index (χ0v) is 6.29. The van der Waals surface area contributed by atoms with E-state index in [0.717, 1.165) is 0 Å². The monoisotopic (exact) mass is 168 g/mol. The van der Waals surface area contributed by atoms with Crippen molar-refractivity contribution in [1.29, 1.82) is 0 Å². The van der Waals surface area contributed by atoms with E-state index in [0.29, 0.717) is 5.82 Å². The van der Waals surface area contributed by atoms with Crippen LogP contribution in [0.2, 0.25) is 0 Å². The molecule has 12 heavy (non-hydrogen) atoms. The number of aliphatic hydroxyl groups excluding tert-OH is 1. The predicted molar refractivity (Wildman–Crippen MR) is 40.5 cm³/mol. The van der Waals surface area contributed by atoms with Crippen molar-refractivity contribution in [3.05, 3.63) is 18.5 Å². The molecule has 1 heterocycles. The van der Waals surface area contributed by atoms with E-state index < -0.39 is 0 Å². The van der Waals surface area contributed by atoms with Crippen LogP contribution in [0.25, 0.3) is 0 Å². The first-order chi connectivity index (χ1) is 5.93. The topological polar surface area (TPSA) is 80.5 Å². The summed E-state index contributed by atoms with van der Waals surface area (Å²) in [4.78, 5) is 15.8. The van der Waals surface area contributed by atoms with Crippen LogP contribution in [0.4, 0.5) is 0 Å². The molecule has 6 nitrogen and oxygen atoms in total. The van der Waals surface area contributed by atoms with Gasteiger partial charge in [-0.3, -0.25) is 0 Å². The minimum absolute atomic E-state index is 0.0610. The van der Waals surface area contributed by atoms with Gasteiger partial charge in [-0.15, -0.1) is 0 Å². The van der Waals surface area contributed by atoms with Gasteiger partial charge in [0.15, 0.2) is 5.82 Å². The zero-order valence-electron chi connectivity index (χ0n) is 6.29. The fraction of sp³-hybridized carbons (Fsp3) is 0.333. The summed E-state index contributed by atoms with van der Waals surface area (Å²) < 4.78 is 0. The Balaban J connectivity index is 2.36. The Kier molecular flexibility index (Phi) is 3.65. The molecule has 1 aromatic heterocycles. The molecule has 6 heteroatoms. The van der Waals surface area contributed by atoms with Crippen molar-refractivity contribution in [3.8, 4) is 0 Å². The molecule has 0 aromatic carbocycles. The number of oxime groups is 1. The number of hydrogen-bond donors (Lipinski definition) is 1. The highest BCUT2D eigenvalue weighted by Gasteiger charge is 1.86. The van der Waals surface area contributed by atoms with E-state index in [1.165, 1.54) is 18.9 Å². The molecule has 64 valence electrons. The van der Waals surface area contributed by atoms with Crippen LogP contribution in [0.15, 0.2) is 17.8 Å². The van der Waals surface area contributed by atoms with Crippen LogP contribution in [-0.4, -0.2) is 39.5 Å². The number of nitrogens with zero attached hydrogens (tertiary/aromatic N) is 4. The Labute approximate surface area is 68.9 Å². The Morgan fingerprint density at radius 1 is 1.50 bits per heavy atom. The van der Waals surface area contributed by atoms with Gasteiger partial charge in [0.1, 0.15) is 25.5 Å². The van der Waals surface area contributed by atoms with E-state index >= 15 is 0 Å². The van der Waals surface area contributed by atoms with Crippen molar-refractivity contribution in [2.75, 3.05) is 13.2 Å². The van der Waals surface area contributed by atoms with Crippen molar-refractivity contribution >= 4 is 6.21 Å². The van der Waals surface area contributed by atoms with Crippen molar-refractivity contribution in [2.24, 2.45) is 5.16 Å². The first kappa shape index (κ1) is 8.54. The number of aromatic nitrogens is 3. The summed E-state index contributed by atoms with van der Waals surface area (Å²) in [5.74, 6) is 0.419. The van der Waals surface area contributed by atoms with E-state index in [1.54, 1.807) is 0 Å². The van der Waals surface area contributed by atoms with Crippen LogP contribution in [0.3, 0.4) is 0 Å². The Morgan fingerprint density at radius 3 is 2.92 bits per heavy atom. The summed E-state index contributed by atoms with van der Waals surface area (Å²) in [6, 6.07) is 0. The maximum Gasteiger partial charge on any atom is 0.177 e. The lowest BCUT2D eigenvalue weighted by Gasteiger charge is -1.92. The molecule has 0 saturated carbocycles. The van der Waals surface area contributed by atoms with E-state index in [4.69, 9.17) is 5.11 Å². The summed E-state index contributed by atoms with van der Waals surface area (Å²) in [6.45, 7) is 0.107. The second kappa shape index (κ2) is 5.14. The average Bonchev–Trinajstić information content (AvgIpc) is 2.14. The third-order valence-corrected chi connectivity index (χ3v) is 0.939. The largest absolute Gasteiger partial charge is 0.393 e. The third kappa shape index (κ3) is 3.02. The van der Waals surface area contributed by atoms with Crippen molar-refractivity contribution in [2.45, 2.75) is 0 Å². The fourth-order valence-corrected chi connectivity index (χ4v) is 0.493. The molecule has 0 fully saturated rings. The Hall–Kier alpha value is -1.56. The van der Waals surface area contributed by atoms with Crippen molar-refractivity contribution in [1.82, 2.24) is 15.0 Å². The minimum Gasteiger partial charge on any atom is -0.393 e. The van der Waals surface area contributed by atoms with E-state index in [1.807, 2.05) is 0 Å². The van der Waals surface area contributed by atoms with Gasteiger partial charge in [0.05, 0.1) is 6.61 Å². The van der Waals surface area contributed by atoms with Gasteiger partial charge in [-0.2, -0.15) is 0 Å². The van der Waals surface area contributed by atoms with E-state index in [9.17, 15) is 0 Å². The summed E-state index contributed by atoms with van der Waals surface area (Å²) in [6.07, 6.45) is 4.07. The SMILES string of the molecule is OCCON=Cc1ncncn1. The Morgan fingerprint density at radius 2 is 2.25 bits per heavy atom. The maximum atomic E-state index is 8.32. The molecule has 1 N–H and O–H groups in total. The molecule has 0 radical (unpaired) electrons. The lowest BCUT2D eigenvalue weighted by atomic mass is 10.7. The van der Waals surface area contributed by atoms with Gasteiger partial charge in [-0.25, -0.2) is 15.0 Å². The normalized spacial score (nSPS) is 10.4. The first-order valence-corrected chi connectivity index (χ1v) is 3.31. The highest BCUT2D eigenvalue weighted by molar-refractivity contribution is 5.73. The van der Waals surface area contributed by atoms with Gasteiger partial charge in [0.2, 0.25) is 0 Å². The molecular formula is C6H8N4O2. The predicted octanol–water partition coefficient (Wildman–Crippen LogP) is -0.786. The molecule has 0 unspecified atom stereocenters. The fourth-order valence-electron chi connectivity index (χ4n) is 0.493. The number of aliphatic hydroxyl groups is 1. The van der Waals surface area contributed by atoms with Gasteiger partial charge in [0.25, 0.3) is 0 Å². The van der Waals surface area contributed by atoms with Crippen LogP contribution in [-0.2, 0) is 4.84 Å². The molecular weight excluding hydrogens is 160 g/mol. The smallest absolute Gasteiger partial charge is 0.177 e. The van der Waals surface area contributed by atoms with Crippen LogP contribution in [0.1, 0.15) is 5.82 Å². The molecule has 0 saturated heterocycles. The number of hydrogen-bond acceptors (Lipinski definition) is 6. The van der Waals surface area contributed by atoms with E-state index in [2.05, 4.69) is 24.9 Å². The lowest BCUT2D eigenvalue weighted by Crippen LogP contribution is -1.96. The van der Waals surface area contributed by atoms with Gasteiger partial charge < -0.3 is 9.94 Å². The molecule has 0 aliphatic carbocycles. The second-order valence-corrected chi connectivity index (χ2v) is 1.79. The standard InChI is InChI=1S/C6H8N4O2/c11-1-2-12-10-3-6-8-4-7-5-9-6/h3-5,11H,1-2H2. The lowest BCUT2D eigenvalue weighted by molar-refractivity contribution is 0.0996. The maximum absolute atomic E-state index is 8.32. The van der Waals surface area contributed by atoms with Gasteiger partial charge in [-0.05, 0) is 0 Å². The summed E-state index contributed by atoms with van der Waals surface area (Å²) in [5.41, 5.74) is 0. The van der Waals surface area contributed by atoms with Crippen LogP contribution < -0.4 is 0 Å². The van der Waals surface area contributed by atoms with Crippen molar-refractivity contribution < 1.29 is 9.94 Å². The van der Waals surface area contributed by atoms with Crippen LogP contribution in [0.5, 0.6) is 0 Å². The average molecular weight is 168 g/mol. The van der Waals surface area contributed by atoms with Crippen LogP contribution in [0, 0.1) is 0 Å². The highest BCUT2D eigenvalue weighted by Crippen LogP contribution is 1.80. The molecule has 0 aliphatic rings. The molecule has 1 aromatic rings. The summed E-state index contributed by atoms with van der Waals surface area (Å²) in [5, 5.41) is 11.8. The second-order valence-electron chi connectivity index (χ2n) is 1.79. The zero-order chi connectivity index (χ0) is 8.65. The van der Waals surface area contributed by atoms with Crippen molar-refractivity contribution in [3.63, 3.8) is 0 Å². The summed E-state index contributed by atoms with van der Waals surface area (Å²) >= 11 is 0. The number of rotatable bonds is 4. The molecule has 0 bridgehead atoms. The highest BCUT2D eigenvalue weighted by atomic mass is 16.6. The molecule has 0 spiro atoms. The first-order valence-electron chi connectivity index (χ1n) is 3.31. The quantitative estimate of drug-likeness (QED) is 0.362. The van der Waals surface area contributed by atoms with E-state index in [-0.39, 0.29) is 13.2 Å². The molecule has 1 rings (SSSR count). The Bertz CT molecular complexity index is 239. The molecule has 0 atom stereocenters. The van der Waals surface area contributed by atoms with Gasteiger partial charge in [0, 0.05) is 0 Å². The minimum atomic E-state index is -0.0610.